The van der Waals surface area contributed by atoms with Crippen LogP contribution in [0.3, 0.4) is 0 Å². The summed E-state index contributed by atoms with van der Waals surface area (Å²) in [5, 5.41) is 4.92. The smallest absolute Gasteiger partial charge is 0.358 e. The number of hydrogen-bond donors (Lipinski definition) is 1. The van der Waals surface area contributed by atoms with Gasteiger partial charge in [0.2, 0.25) is 0 Å². The number of ether oxygens (including phenoxy) is 2. The highest BCUT2D eigenvalue weighted by Crippen LogP contribution is 2.23. The summed E-state index contributed by atoms with van der Waals surface area (Å²) in [6, 6.07) is 13.2. The van der Waals surface area contributed by atoms with Crippen LogP contribution in [0.1, 0.15) is 26.6 Å². The van der Waals surface area contributed by atoms with Gasteiger partial charge in [-0.3, -0.25) is 4.79 Å². The molecule has 0 radical (unpaired) electrons. The number of carbonyl (C=O) groups excluding carboxylic acids is 2. The van der Waals surface area contributed by atoms with Gasteiger partial charge in [-0.25, -0.2) is 9.78 Å². The first-order valence-corrected chi connectivity index (χ1v) is 10.4. The number of esters is 1. The lowest BCUT2D eigenvalue weighted by Gasteiger charge is -2.08. The van der Waals surface area contributed by atoms with Crippen molar-refractivity contribution in [2.45, 2.75) is 20.5 Å². The zero-order valence-electron chi connectivity index (χ0n) is 15.9. The number of thiazole rings is 1. The summed E-state index contributed by atoms with van der Waals surface area (Å²) in [5.41, 5.74) is 2.98. The first kappa shape index (κ1) is 21.0. The minimum absolute atomic E-state index is 0.154. The molecule has 29 heavy (non-hydrogen) atoms. The molecule has 0 bridgehead atoms. The number of aromatic nitrogens is 1. The lowest BCUT2D eigenvalue weighted by atomic mass is 10.2. The van der Waals surface area contributed by atoms with E-state index < -0.39 is 18.5 Å². The standard InChI is InChI=1S/C21H19BrN2O4S/c1-13-3-6-15(7-4-13)27-11-20-24-18(12-29-20)21(26)28-10-19(25)23-17-8-5-14(2)9-16(17)22/h3-9,12H,10-11H2,1-2H3,(H,23,25). The second kappa shape index (κ2) is 9.67. The van der Waals surface area contributed by atoms with Gasteiger partial charge in [0.25, 0.3) is 5.91 Å². The van der Waals surface area contributed by atoms with Crippen LogP contribution >= 0.6 is 27.3 Å². The van der Waals surface area contributed by atoms with Gasteiger partial charge in [0.1, 0.15) is 17.4 Å². The summed E-state index contributed by atoms with van der Waals surface area (Å²) in [6.07, 6.45) is 0. The van der Waals surface area contributed by atoms with E-state index in [4.69, 9.17) is 9.47 Å². The maximum absolute atomic E-state index is 12.1. The molecule has 6 nitrogen and oxygen atoms in total. The molecule has 1 N–H and O–H groups in total. The molecule has 0 atom stereocenters. The fourth-order valence-corrected chi connectivity index (χ4v) is 3.63. The average molecular weight is 475 g/mol. The molecule has 0 aliphatic rings. The third-order valence-corrected chi connectivity index (χ3v) is 5.36. The largest absolute Gasteiger partial charge is 0.486 e. The zero-order chi connectivity index (χ0) is 20.8. The number of anilines is 1. The summed E-state index contributed by atoms with van der Waals surface area (Å²) in [6.45, 7) is 3.81. The van der Waals surface area contributed by atoms with Gasteiger partial charge >= 0.3 is 5.97 Å². The van der Waals surface area contributed by atoms with Gasteiger partial charge in [0, 0.05) is 9.85 Å². The Balaban J connectivity index is 1.48. The van der Waals surface area contributed by atoms with E-state index in [-0.39, 0.29) is 12.3 Å². The van der Waals surface area contributed by atoms with E-state index in [0.717, 1.165) is 21.3 Å². The van der Waals surface area contributed by atoms with E-state index >= 15 is 0 Å². The average Bonchev–Trinajstić information content (AvgIpc) is 3.17. The van der Waals surface area contributed by atoms with Crippen molar-refractivity contribution >= 4 is 44.8 Å². The van der Waals surface area contributed by atoms with Gasteiger partial charge in [-0.2, -0.15) is 0 Å². The SMILES string of the molecule is Cc1ccc(OCc2nc(C(=O)OCC(=O)Nc3ccc(C)cc3Br)cs2)cc1. The Morgan fingerprint density at radius 1 is 1.10 bits per heavy atom. The number of halogens is 1. The Hall–Kier alpha value is -2.71. The van der Waals surface area contributed by atoms with Gasteiger partial charge < -0.3 is 14.8 Å². The number of nitrogens with zero attached hydrogens (tertiary/aromatic N) is 1. The number of amides is 1. The van der Waals surface area contributed by atoms with Gasteiger partial charge in [-0.05, 0) is 59.6 Å². The number of aryl methyl sites for hydroxylation is 2. The third-order valence-electron chi connectivity index (χ3n) is 3.88. The maximum atomic E-state index is 12.1. The van der Waals surface area contributed by atoms with Gasteiger partial charge in [-0.1, -0.05) is 23.8 Å². The summed E-state index contributed by atoms with van der Waals surface area (Å²) in [7, 11) is 0. The highest BCUT2D eigenvalue weighted by atomic mass is 79.9. The zero-order valence-corrected chi connectivity index (χ0v) is 18.3. The van der Waals surface area contributed by atoms with Crippen molar-refractivity contribution in [1.29, 1.82) is 0 Å². The Morgan fingerprint density at radius 3 is 2.55 bits per heavy atom. The molecule has 8 heteroatoms. The van der Waals surface area contributed by atoms with Crippen LogP contribution in [0.2, 0.25) is 0 Å². The Kier molecular flexibility index (Phi) is 7.00. The highest BCUT2D eigenvalue weighted by molar-refractivity contribution is 9.10. The second-order valence-corrected chi connectivity index (χ2v) is 8.13. The van der Waals surface area contributed by atoms with Gasteiger partial charge in [-0.15, -0.1) is 11.3 Å². The minimum atomic E-state index is -0.652. The summed E-state index contributed by atoms with van der Waals surface area (Å²) in [4.78, 5) is 28.4. The van der Waals surface area contributed by atoms with Crippen LogP contribution < -0.4 is 10.1 Å². The van der Waals surface area contributed by atoms with Crippen LogP contribution in [0.4, 0.5) is 5.69 Å². The maximum Gasteiger partial charge on any atom is 0.358 e. The van der Waals surface area contributed by atoms with E-state index in [9.17, 15) is 9.59 Å². The molecule has 1 aromatic heterocycles. The first-order valence-electron chi connectivity index (χ1n) is 8.78. The molecule has 3 rings (SSSR count). The van der Waals surface area contributed by atoms with Crippen LogP contribution in [0.15, 0.2) is 52.3 Å². The van der Waals surface area contributed by atoms with E-state index in [0.29, 0.717) is 10.7 Å². The molecule has 0 aliphatic heterocycles. The molecule has 3 aromatic rings. The van der Waals surface area contributed by atoms with Crippen molar-refractivity contribution in [2.75, 3.05) is 11.9 Å². The number of hydrogen-bond acceptors (Lipinski definition) is 6. The van der Waals surface area contributed by atoms with Crippen molar-refractivity contribution in [3.8, 4) is 5.75 Å². The van der Waals surface area contributed by atoms with Crippen LogP contribution in [0.5, 0.6) is 5.75 Å². The molecule has 1 heterocycles. The van der Waals surface area contributed by atoms with E-state index in [2.05, 4.69) is 26.2 Å². The summed E-state index contributed by atoms with van der Waals surface area (Å²) >= 11 is 4.68. The molecule has 1 amide bonds. The number of benzene rings is 2. The number of nitrogens with one attached hydrogen (secondary N) is 1. The second-order valence-electron chi connectivity index (χ2n) is 6.34. The predicted octanol–water partition coefficient (Wildman–Crippen LogP) is 4.90. The molecule has 0 fully saturated rings. The summed E-state index contributed by atoms with van der Waals surface area (Å²) in [5.74, 6) is -0.351. The lowest BCUT2D eigenvalue weighted by Crippen LogP contribution is -2.21. The third kappa shape index (κ3) is 6.13. The van der Waals surface area contributed by atoms with Crippen molar-refractivity contribution in [1.82, 2.24) is 4.98 Å². The van der Waals surface area contributed by atoms with E-state index in [1.54, 1.807) is 11.4 Å². The fourth-order valence-electron chi connectivity index (χ4n) is 2.36. The molecular weight excluding hydrogens is 456 g/mol. The van der Waals surface area contributed by atoms with Crippen molar-refractivity contribution in [3.63, 3.8) is 0 Å². The highest BCUT2D eigenvalue weighted by Gasteiger charge is 2.15. The number of rotatable bonds is 7. The molecule has 150 valence electrons. The molecule has 0 spiro atoms. The Morgan fingerprint density at radius 2 is 1.83 bits per heavy atom. The summed E-state index contributed by atoms with van der Waals surface area (Å²) < 4.78 is 11.5. The number of carbonyl (C=O) groups is 2. The normalized spacial score (nSPS) is 10.4. The quantitative estimate of drug-likeness (QED) is 0.492. The molecule has 0 unspecified atom stereocenters. The van der Waals surface area contributed by atoms with Crippen LogP contribution in [0, 0.1) is 13.8 Å². The van der Waals surface area contributed by atoms with Crippen LogP contribution in [-0.4, -0.2) is 23.5 Å². The minimum Gasteiger partial charge on any atom is -0.486 e. The molecule has 0 saturated carbocycles. The van der Waals surface area contributed by atoms with Crippen molar-refractivity contribution < 1.29 is 19.1 Å². The molecular formula is C21H19BrN2O4S. The topological polar surface area (TPSA) is 77.5 Å². The lowest BCUT2D eigenvalue weighted by molar-refractivity contribution is -0.119. The van der Waals surface area contributed by atoms with Gasteiger partial charge in [0.05, 0.1) is 5.69 Å². The Bertz CT molecular complexity index is 1020. The fraction of sp³-hybridized carbons (Fsp3) is 0.190. The van der Waals surface area contributed by atoms with E-state index in [1.165, 1.54) is 11.3 Å². The Labute approximate surface area is 181 Å². The monoisotopic (exact) mass is 474 g/mol. The van der Waals surface area contributed by atoms with Crippen molar-refractivity contribution in [2.24, 2.45) is 0 Å². The molecule has 0 saturated heterocycles. The first-order chi connectivity index (χ1) is 13.9. The molecule has 0 aliphatic carbocycles. The van der Waals surface area contributed by atoms with Gasteiger partial charge in [0.15, 0.2) is 12.3 Å². The van der Waals surface area contributed by atoms with Crippen LogP contribution in [-0.2, 0) is 16.1 Å². The molecule has 2 aromatic carbocycles. The van der Waals surface area contributed by atoms with E-state index in [1.807, 2.05) is 50.2 Å². The van der Waals surface area contributed by atoms with Crippen LogP contribution in [0.25, 0.3) is 0 Å². The van der Waals surface area contributed by atoms with Crippen molar-refractivity contribution in [3.05, 3.63) is 74.1 Å². The predicted molar refractivity (Wildman–Crippen MR) is 115 cm³/mol.